The van der Waals surface area contributed by atoms with Crippen LogP contribution in [0.5, 0.6) is 0 Å². The zero-order chi connectivity index (χ0) is 15.1. The molecule has 0 aromatic carbocycles. The number of ether oxygens (including phenoxy) is 1. The summed E-state index contributed by atoms with van der Waals surface area (Å²) in [6, 6.07) is 2.05. The summed E-state index contributed by atoms with van der Waals surface area (Å²) in [6.45, 7) is 5.73. The Labute approximate surface area is 125 Å². The Kier molecular flexibility index (Phi) is 6.20. The second-order valence-corrected chi connectivity index (χ2v) is 5.37. The molecule has 1 aliphatic rings. The lowest BCUT2D eigenvalue weighted by atomic mass is 9.93. The highest BCUT2D eigenvalue weighted by Crippen LogP contribution is 2.27. The first-order chi connectivity index (χ1) is 10.2. The van der Waals surface area contributed by atoms with Crippen LogP contribution in [0.3, 0.4) is 0 Å². The number of nitrogens with zero attached hydrogens (tertiary/aromatic N) is 3. The molecule has 1 fully saturated rings. The van der Waals surface area contributed by atoms with Gasteiger partial charge in [-0.2, -0.15) is 5.10 Å². The van der Waals surface area contributed by atoms with Gasteiger partial charge >= 0.3 is 5.97 Å². The van der Waals surface area contributed by atoms with Gasteiger partial charge in [0.2, 0.25) is 0 Å². The SMILES string of the molecule is CCOC(=O)CCN1CCC(c2ccnn2CCO)CC1. The predicted octanol–water partition coefficient (Wildman–Crippen LogP) is 1.01. The number of piperidine rings is 1. The average molecular weight is 295 g/mol. The molecule has 0 amide bonds. The summed E-state index contributed by atoms with van der Waals surface area (Å²) in [5.74, 6) is 0.388. The van der Waals surface area contributed by atoms with E-state index in [1.54, 1.807) is 6.20 Å². The number of aliphatic hydroxyl groups is 1. The Morgan fingerprint density at radius 1 is 1.43 bits per heavy atom. The molecule has 2 rings (SSSR count). The van der Waals surface area contributed by atoms with Crippen molar-refractivity contribution in [3.05, 3.63) is 18.0 Å². The largest absolute Gasteiger partial charge is 0.466 e. The van der Waals surface area contributed by atoms with Gasteiger partial charge in [0, 0.05) is 24.4 Å². The third-order valence-corrected chi connectivity index (χ3v) is 4.00. The van der Waals surface area contributed by atoms with E-state index in [-0.39, 0.29) is 12.6 Å². The molecule has 0 aliphatic carbocycles. The number of rotatable bonds is 7. The van der Waals surface area contributed by atoms with Crippen LogP contribution in [0, 0.1) is 0 Å². The Hall–Kier alpha value is -1.40. The maximum atomic E-state index is 11.4. The maximum absolute atomic E-state index is 11.4. The first kappa shape index (κ1) is 16.0. The monoisotopic (exact) mass is 295 g/mol. The highest BCUT2D eigenvalue weighted by molar-refractivity contribution is 5.69. The molecule has 6 heteroatoms. The van der Waals surface area contributed by atoms with Gasteiger partial charge in [0.15, 0.2) is 0 Å². The highest BCUT2D eigenvalue weighted by atomic mass is 16.5. The van der Waals surface area contributed by atoms with Gasteiger partial charge in [-0.05, 0) is 38.9 Å². The third-order valence-electron chi connectivity index (χ3n) is 4.00. The number of hydrogen-bond donors (Lipinski definition) is 1. The number of aliphatic hydroxyl groups excluding tert-OH is 1. The number of carbonyl (C=O) groups excluding carboxylic acids is 1. The lowest BCUT2D eigenvalue weighted by molar-refractivity contribution is -0.143. The van der Waals surface area contributed by atoms with Crippen LogP contribution in [0.1, 0.15) is 37.8 Å². The van der Waals surface area contributed by atoms with Crippen LogP contribution in [0.25, 0.3) is 0 Å². The van der Waals surface area contributed by atoms with Crippen molar-refractivity contribution < 1.29 is 14.6 Å². The first-order valence-electron chi connectivity index (χ1n) is 7.75. The smallest absolute Gasteiger partial charge is 0.307 e. The minimum absolute atomic E-state index is 0.111. The first-order valence-corrected chi connectivity index (χ1v) is 7.75. The molecule has 2 heterocycles. The van der Waals surface area contributed by atoms with Crippen molar-refractivity contribution in [2.75, 3.05) is 32.8 Å². The van der Waals surface area contributed by atoms with Crippen molar-refractivity contribution in [3.63, 3.8) is 0 Å². The van der Waals surface area contributed by atoms with Crippen molar-refractivity contribution in [2.45, 2.75) is 38.6 Å². The van der Waals surface area contributed by atoms with Gasteiger partial charge in [0.05, 0.1) is 26.2 Å². The molecule has 0 spiro atoms. The Bertz CT molecular complexity index is 439. The standard InChI is InChI=1S/C15H25N3O3/c1-2-21-15(20)6-10-17-8-4-13(5-9-17)14-3-7-16-18(14)11-12-19/h3,7,13,19H,2,4-6,8-12H2,1H3. The summed E-state index contributed by atoms with van der Waals surface area (Å²) in [4.78, 5) is 13.7. The Morgan fingerprint density at radius 3 is 2.86 bits per heavy atom. The molecule has 6 nitrogen and oxygen atoms in total. The number of likely N-dealkylation sites (tertiary alicyclic amines) is 1. The van der Waals surface area contributed by atoms with Crippen molar-refractivity contribution >= 4 is 5.97 Å². The molecular formula is C15H25N3O3. The van der Waals surface area contributed by atoms with Gasteiger partial charge in [0.1, 0.15) is 0 Å². The van der Waals surface area contributed by atoms with Crippen LogP contribution >= 0.6 is 0 Å². The van der Waals surface area contributed by atoms with E-state index in [2.05, 4.69) is 16.1 Å². The van der Waals surface area contributed by atoms with Crippen LogP contribution in [-0.2, 0) is 16.1 Å². The van der Waals surface area contributed by atoms with Gasteiger partial charge < -0.3 is 14.7 Å². The van der Waals surface area contributed by atoms with E-state index in [1.165, 1.54) is 5.69 Å². The minimum Gasteiger partial charge on any atom is -0.466 e. The Morgan fingerprint density at radius 2 is 2.19 bits per heavy atom. The van der Waals surface area contributed by atoms with Gasteiger partial charge in [-0.25, -0.2) is 0 Å². The van der Waals surface area contributed by atoms with Gasteiger partial charge in [-0.3, -0.25) is 9.48 Å². The fourth-order valence-corrected chi connectivity index (χ4v) is 2.91. The van der Waals surface area contributed by atoms with Crippen LogP contribution < -0.4 is 0 Å². The van der Waals surface area contributed by atoms with E-state index in [0.29, 0.717) is 25.5 Å². The molecule has 0 saturated carbocycles. The lowest BCUT2D eigenvalue weighted by Gasteiger charge is -2.31. The third kappa shape index (κ3) is 4.54. The van der Waals surface area contributed by atoms with E-state index in [4.69, 9.17) is 9.84 Å². The fraction of sp³-hybridized carbons (Fsp3) is 0.733. The number of carbonyl (C=O) groups is 1. The minimum atomic E-state index is -0.111. The molecule has 1 aromatic rings. The van der Waals surface area contributed by atoms with Crippen molar-refractivity contribution in [1.29, 1.82) is 0 Å². The molecule has 0 bridgehead atoms. The predicted molar refractivity (Wildman–Crippen MR) is 79.0 cm³/mol. The molecule has 118 valence electrons. The quantitative estimate of drug-likeness (QED) is 0.760. The molecule has 0 radical (unpaired) electrons. The van der Waals surface area contributed by atoms with Crippen LogP contribution in [0.4, 0.5) is 0 Å². The Balaban J connectivity index is 1.77. The van der Waals surface area contributed by atoms with Gasteiger partial charge in [0.25, 0.3) is 0 Å². The van der Waals surface area contributed by atoms with Crippen molar-refractivity contribution in [2.24, 2.45) is 0 Å². The molecular weight excluding hydrogens is 270 g/mol. The summed E-state index contributed by atoms with van der Waals surface area (Å²) in [5.41, 5.74) is 1.22. The second kappa shape index (κ2) is 8.14. The summed E-state index contributed by atoms with van der Waals surface area (Å²) >= 11 is 0. The summed E-state index contributed by atoms with van der Waals surface area (Å²) < 4.78 is 6.86. The molecule has 1 saturated heterocycles. The topological polar surface area (TPSA) is 67.6 Å². The zero-order valence-corrected chi connectivity index (χ0v) is 12.7. The fourth-order valence-electron chi connectivity index (χ4n) is 2.91. The number of aromatic nitrogens is 2. The molecule has 0 atom stereocenters. The van der Waals surface area contributed by atoms with Crippen LogP contribution in [0.15, 0.2) is 12.3 Å². The van der Waals surface area contributed by atoms with E-state index in [0.717, 1.165) is 32.5 Å². The van der Waals surface area contributed by atoms with Gasteiger partial charge in [-0.15, -0.1) is 0 Å². The molecule has 0 unspecified atom stereocenters. The van der Waals surface area contributed by atoms with Gasteiger partial charge in [-0.1, -0.05) is 0 Å². The average Bonchev–Trinajstić information content (AvgIpc) is 2.95. The van der Waals surface area contributed by atoms with Crippen molar-refractivity contribution in [3.8, 4) is 0 Å². The second-order valence-electron chi connectivity index (χ2n) is 5.37. The van der Waals surface area contributed by atoms with Crippen LogP contribution in [-0.4, -0.2) is 58.6 Å². The summed E-state index contributed by atoms with van der Waals surface area (Å²) in [7, 11) is 0. The zero-order valence-electron chi connectivity index (χ0n) is 12.7. The molecule has 1 aliphatic heterocycles. The number of hydrogen-bond acceptors (Lipinski definition) is 5. The highest BCUT2D eigenvalue weighted by Gasteiger charge is 2.23. The van der Waals surface area contributed by atoms with Crippen molar-refractivity contribution in [1.82, 2.24) is 14.7 Å². The summed E-state index contributed by atoms with van der Waals surface area (Å²) in [6.07, 6.45) is 4.42. The molecule has 21 heavy (non-hydrogen) atoms. The lowest BCUT2D eigenvalue weighted by Crippen LogP contribution is -2.35. The van der Waals surface area contributed by atoms with E-state index < -0.39 is 0 Å². The normalized spacial score (nSPS) is 17.0. The van der Waals surface area contributed by atoms with E-state index in [9.17, 15) is 4.79 Å². The molecule has 1 N–H and O–H groups in total. The molecule has 1 aromatic heterocycles. The van der Waals surface area contributed by atoms with E-state index >= 15 is 0 Å². The van der Waals surface area contributed by atoms with E-state index in [1.807, 2.05) is 11.6 Å². The maximum Gasteiger partial charge on any atom is 0.307 e. The summed E-state index contributed by atoms with van der Waals surface area (Å²) in [5, 5.41) is 13.3. The van der Waals surface area contributed by atoms with Crippen LogP contribution in [0.2, 0.25) is 0 Å². The number of esters is 1.